The lowest BCUT2D eigenvalue weighted by Gasteiger charge is -2.10. The number of hydrogen-bond donors (Lipinski definition) is 0. The van der Waals surface area contributed by atoms with Crippen molar-refractivity contribution >= 4 is 38.6 Å². The van der Waals surface area contributed by atoms with Crippen molar-refractivity contribution in [3.8, 4) is 0 Å². The molecule has 0 unspecified atom stereocenters. The zero-order valence-corrected chi connectivity index (χ0v) is 16.0. The van der Waals surface area contributed by atoms with Crippen LogP contribution in [0, 0.1) is 24.0 Å². The number of carbonyl (C=O) groups excluding carboxylic acids is 1. The van der Waals surface area contributed by atoms with E-state index in [4.69, 9.17) is 9.15 Å². The van der Waals surface area contributed by atoms with Crippen LogP contribution in [0.3, 0.4) is 0 Å². The summed E-state index contributed by atoms with van der Waals surface area (Å²) in [5.74, 6) is -0.726. The van der Waals surface area contributed by atoms with Gasteiger partial charge in [-0.1, -0.05) is 12.1 Å². The van der Waals surface area contributed by atoms with Crippen LogP contribution in [0.15, 0.2) is 50.1 Å². The highest BCUT2D eigenvalue weighted by atomic mass is 79.9. The Morgan fingerprint density at radius 1 is 1.22 bits per heavy atom. The molecule has 0 atom stereocenters. The summed E-state index contributed by atoms with van der Waals surface area (Å²) in [7, 11) is 0. The van der Waals surface area contributed by atoms with E-state index >= 15 is 0 Å². The fourth-order valence-electron chi connectivity index (χ4n) is 2.65. The number of hydrogen-bond acceptors (Lipinski definition) is 6. The average Bonchev–Trinajstić information content (AvgIpc) is 2.63. The first-order valence-electron chi connectivity index (χ1n) is 7.92. The third-order valence-electron chi connectivity index (χ3n) is 4.25. The molecule has 3 aromatic rings. The van der Waals surface area contributed by atoms with Crippen molar-refractivity contribution in [1.82, 2.24) is 0 Å². The minimum Gasteiger partial charge on any atom is -0.457 e. The third kappa shape index (κ3) is 3.75. The minimum atomic E-state index is -0.726. The van der Waals surface area contributed by atoms with Gasteiger partial charge in [0.25, 0.3) is 5.69 Å². The van der Waals surface area contributed by atoms with Gasteiger partial charge in [0.15, 0.2) is 0 Å². The smallest absolute Gasteiger partial charge is 0.338 e. The molecule has 0 fully saturated rings. The summed E-state index contributed by atoms with van der Waals surface area (Å²) in [6.45, 7) is 3.59. The predicted octanol–water partition coefficient (Wildman–Crippen LogP) is 4.44. The number of esters is 1. The topological polar surface area (TPSA) is 99.6 Å². The van der Waals surface area contributed by atoms with Crippen LogP contribution in [0.25, 0.3) is 11.0 Å². The van der Waals surface area contributed by atoms with E-state index in [2.05, 4.69) is 15.9 Å². The van der Waals surface area contributed by atoms with Gasteiger partial charge < -0.3 is 9.15 Å². The van der Waals surface area contributed by atoms with E-state index in [1.54, 1.807) is 6.07 Å². The van der Waals surface area contributed by atoms with Crippen LogP contribution in [0.1, 0.15) is 27.0 Å². The maximum atomic E-state index is 12.3. The molecular formula is C19H14BrNO6. The van der Waals surface area contributed by atoms with Crippen molar-refractivity contribution in [3.63, 3.8) is 0 Å². The van der Waals surface area contributed by atoms with Crippen molar-refractivity contribution in [2.45, 2.75) is 20.5 Å². The molecule has 1 heterocycles. The number of ether oxygens (including phenoxy) is 1. The molecule has 1 aromatic heterocycles. The second kappa shape index (κ2) is 7.32. The monoisotopic (exact) mass is 431 g/mol. The predicted molar refractivity (Wildman–Crippen MR) is 102 cm³/mol. The van der Waals surface area contributed by atoms with Gasteiger partial charge in [-0.2, -0.15) is 0 Å². The molecule has 0 amide bonds. The van der Waals surface area contributed by atoms with Crippen LogP contribution in [0.2, 0.25) is 0 Å². The van der Waals surface area contributed by atoms with Crippen LogP contribution in [-0.4, -0.2) is 10.9 Å². The Kier molecular flexibility index (Phi) is 5.09. The third-order valence-corrected chi connectivity index (χ3v) is 4.93. The maximum absolute atomic E-state index is 12.3. The van der Waals surface area contributed by atoms with Gasteiger partial charge in [-0.25, -0.2) is 9.59 Å². The second-order valence-electron chi connectivity index (χ2n) is 5.97. The lowest BCUT2D eigenvalue weighted by Crippen LogP contribution is -2.09. The molecule has 0 aliphatic heterocycles. The zero-order chi connectivity index (χ0) is 19.7. The summed E-state index contributed by atoms with van der Waals surface area (Å²) in [6, 6.07) is 8.93. The summed E-state index contributed by atoms with van der Waals surface area (Å²) >= 11 is 3.06. The summed E-state index contributed by atoms with van der Waals surface area (Å²) in [4.78, 5) is 34.5. The first-order chi connectivity index (χ1) is 12.8. The van der Waals surface area contributed by atoms with E-state index in [1.165, 1.54) is 18.2 Å². The fraction of sp³-hybridized carbons (Fsp3) is 0.158. The summed E-state index contributed by atoms with van der Waals surface area (Å²) < 4.78 is 10.8. The Morgan fingerprint density at radius 3 is 2.67 bits per heavy atom. The normalized spacial score (nSPS) is 10.8. The average molecular weight is 432 g/mol. The van der Waals surface area contributed by atoms with Crippen LogP contribution >= 0.6 is 15.9 Å². The number of nitrogens with zero attached hydrogens (tertiary/aromatic N) is 1. The van der Waals surface area contributed by atoms with Crippen LogP contribution in [0.4, 0.5) is 5.69 Å². The SMILES string of the molecule is Cc1ccc2c(COC(=O)c3ccc(Br)c([N+](=O)[O-])c3)cc(=O)oc2c1C. The van der Waals surface area contributed by atoms with Gasteiger partial charge in [-0.05, 0) is 53.0 Å². The van der Waals surface area contributed by atoms with Crippen LogP contribution in [-0.2, 0) is 11.3 Å². The van der Waals surface area contributed by atoms with Crippen LogP contribution < -0.4 is 5.63 Å². The number of rotatable bonds is 4. The molecule has 0 N–H and O–H groups in total. The molecule has 0 bridgehead atoms. The largest absolute Gasteiger partial charge is 0.457 e. The molecule has 0 spiro atoms. The summed E-state index contributed by atoms with van der Waals surface area (Å²) in [6.07, 6.45) is 0. The molecule has 27 heavy (non-hydrogen) atoms. The van der Waals surface area contributed by atoms with Crippen molar-refractivity contribution in [3.05, 3.63) is 83.7 Å². The molecule has 3 rings (SSSR count). The molecule has 7 nitrogen and oxygen atoms in total. The first-order valence-corrected chi connectivity index (χ1v) is 8.71. The highest BCUT2D eigenvalue weighted by molar-refractivity contribution is 9.10. The number of fused-ring (bicyclic) bond motifs is 1. The van der Waals surface area contributed by atoms with Crippen molar-refractivity contribution in [2.24, 2.45) is 0 Å². The maximum Gasteiger partial charge on any atom is 0.338 e. The molecule has 0 radical (unpaired) electrons. The van der Waals surface area contributed by atoms with E-state index in [-0.39, 0.29) is 22.3 Å². The Morgan fingerprint density at radius 2 is 1.96 bits per heavy atom. The quantitative estimate of drug-likeness (QED) is 0.262. The zero-order valence-electron chi connectivity index (χ0n) is 14.4. The second-order valence-corrected chi connectivity index (χ2v) is 6.83. The highest BCUT2D eigenvalue weighted by Crippen LogP contribution is 2.27. The minimum absolute atomic E-state index is 0.0456. The van der Waals surface area contributed by atoms with Gasteiger partial charge >= 0.3 is 11.6 Å². The molecule has 0 saturated heterocycles. The van der Waals surface area contributed by atoms with Gasteiger partial charge in [-0.3, -0.25) is 10.1 Å². The van der Waals surface area contributed by atoms with Gasteiger partial charge in [0.2, 0.25) is 0 Å². The van der Waals surface area contributed by atoms with E-state index < -0.39 is 16.5 Å². The highest BCUT2D eigenvalue weighted by Gasteiger charge is 2.18. The molecule has 0 saturated carbocycles. The Hall–Kier alpha value is -3.00. The molecule has 0 aliphatic rings. The standard InChI is InChI=1S/C19H14BrNO6/c1-10-3-5-14-13(8-17(22)27-18(14)11(10)2)9-26-19(23)12-4-6-15(20)16(7-12)21(24)25/h3-8H,9H2,1-2H3. The first kappa shape index (κ1) is 18.8. The van der Waals surface area contributed by atoms with Crippen molar-refractivity contribution in [2.75, 3.05) is 0 Å². The van der Waals surface area contributed by atoms with E-state index in [0.717, 1.165) is 17.2 Å². The number of nitro groups is 1. The van der Waals surface area contributed by atoms with E-state index in [1.807, 2.05) is 19.9 Å². The van der Waals surface area contributed by atoms with Gasteiger partial charge in [0.05, 0.1) is 15.0 Å². The molecule has 2 aromatic carbocycles. The molecule has 0 aliphatic carbocycles. The Balaban J connectivity index is 1.90. The number of aryl methyl sites for hydroxylation is 2. The summed E-state index contributed by atoms with van der Waals surface area (Å²) in [5.41, 5.74) is 2.03. The van der Waals surface area contributed by atoms with Crippen molar-refractivity contribution < 1.29 is 18.9 Å². The van der Waals surface area contributed by atoms with Crippen LogP contribution in [0.5, 0.6) is 0 Å². The van der Waals surface area contributed by atoms with Gasteiger partial charge in [0, 0.05) is 23.1 Å². The number of carbonyl (C=O) groups is 1. The molecular weight excluding hydrogens is 418 g/mol. The molecule has 138 valence electrons. The Labute approximate surface area is 161 Å². The van der Waals surface area contributed by atoms with Crippen molar-refractivity contribution in [1.29, 1.82) is 0 Å². The Bertz CT molecular complexity index is 1130. The van der Waals surface area contributed by atoms with Gasteiger partial charge in [-0.15, -0.1) is 0 Å². The van der Waals surface area contributed by atoms with E-state index in [0.29, 0.717) is 16.5 Å². The lowest BCUT2D eigenvalue weighted by molar-refractivity contribution is -0.385. The number of halogens is 1. The van der Waals surface area contributed by atoms with E-state index in [9.17, 15) is 19.7 Å². The fourth-order valence-corrected chi connectivity index (χ4v) is 3.04. The van der Waals surface area contributed by atoms with Gasteiger partial charge in [0.1, 0.15) is 12.2 Å². The number of nitro benzene ring substituents is 1. The lowest BCUT2D eigenvalue weighted by atomic mass is 10.0. The molecule has 8 heteroatoms. The number of benzene rings is 2. The summed E-state index contributed by atoms with van der Waals surface area (Å²) in [5, 5.41) is 11.7.